The molecule has 2 saturated heterocycles. The van der Waals surface area contributed by atoms with E-state index in [-0.39, 0.29) is 0 Å². The first-order valence-electron chi connectivity index (χ1n) is 10.4. The first-order chi connectivity index (χ1) is 12.4. The SMILES string of the molecule is c1cc(N2CCC(CN[C@@H]3[C@H]4CCO[C@H]4C34CCCC4)CC2)ccn1. The van der Waals surface area contributed by atoms with Gasteiger partial charge in [-0.2, -0.15) is 0 Å². The summed E-state index contributed by atoms with van der Waals surface area (Å²) < 4.78 is 6.12. The van der Waals surface area contributed by atoms with Gasteiger partial charge >= 0.3 is 0 Å². The highest BCUT2D eigenvalue weighted by Crippen LogP contribution is 2.60. The number of piperidine rings is 1. The van der Waals surface area contributed by atoms with Gasteiger partial charge in [-0.05, 0) is 56.7 Å². The summed E-state index contributed by atoms with van der Waals surface area (Å²) in [6.07, 6.45) is 13.9. The average Bonchev–Trinajstić information content (AvgIpc) is 3.32. The summed E-state index contributed by atoms with van der Waals surface area (Å²) in [5.74, 6) is 1.63. The van der Waals surface area contributed by atoms with Gasteiger partial charge in [0.25, 0.3) is 0 Å². The van der Waals surface area contributed by atoms with Gasteiger partial charge in [-0.1, -0.05) is 12.8 Å². The normalized spacial score (nSPS) is 34.2. The Morgan fingerprint density at radius 1 is 1.12 bits per heavy atom. The second kappa shape index (κ2) is 6.55. The van der Waals surface area contributed by atoms with Crippen LogP contribution in [0.5, 0.6) is 0 Å². The van der Waals surface area contributed by atoms with Crippen LogP contribution in [0.15, 0.2) is 24.5 Å². The van der Waals surface area contributed by atoms with Crippen LogP contribution in [-0.2, 0) is 4.74 Å². The van der Waals surface area contributed by atoms with E-state index in [0.29, 0.717) is 11.5 Å². The highest BCUT2D eigenvalue weighted by atomic mass is 16.5. The van der Waals surface area contributed by atoms with Crippen LogP contribution in [-0.4, -0.2) is 43.4 Å². The van der Waals surface area contributed by atoms with Crippen molar-refractivity contribution in [1.82, 2.24) is 10.3 Å². The average molecular weight is 341 g/mol. The fourth-order valence-corrected chi connectivity index (χ4v) is 6.25. The number of aromatic nitrogens is 1. The van der Waals surface area contributed by atoms with E-state index in [4.69, 9.17) is 4.74 Å². The third kappa shape index (κ3) is 2.69. The zero-order valence-electron chi connectivity index (χ0n) is 15.2. The molecule has 4 fully saturated rings. The Kier molecular flexibility index (Phi) is 4.21. The minimum atomic E-state index is 0.499. The van der Waals surface area contributed by atoms with Gasteiger partial charge in [-0.3, -0.25) is 4.98 Å². The lowest BCUT2D eigenvalue weighted by molar-refractivity contribution is -0.131. The van der Waals surface area contributed by atoms with Crippen molar-refractivity contribution < 1.29 is 4.74 Å². The number of fused-ring (bicyclic) bond motifs is 2. The second-order valence-corrected chi connectivity index (χ2v) is 8.71. The molecule has 4 aliphatic rings. The molecule has 1 aromatic rings. The van der Waals surface area contributed by atoms with Crippen molar-refractivity contribution in [3.8, 4) is 0 Å². The minimum Gasteiger partial charge on any atom is -0.377 e. The van der Waals surface area contributed by atoms with E-state index >= 15 is 0 Å². The van der Waals surface area contributed by atoms with Gasteiger partial charge in [0, 0.05) is 55.2 Å². The second-order valence-electron chi connectivity index (χ2n) is 8.71. The highest BCUT2D eigenvalue weighted by Gasteiger charge is 2.64. The van der Waals surface area contributed by atoms with Crippen LogP contribution in [0.1, 0.15) is 44.9 Å². The Balaban J connectivity index is 1.15. The molecule has 25 heavy (non-hydrogen) atoms. The summed E-state index contributed by atoms with van der Waals surface area (Å²) in [5, 5.41) is 4.04. The fraction of sp³-hybridized carbons (Fsp3) is 0.762. The molecule has 3 heterocycles. The smallest absolute Gasteiger partial charge is 0.0690 e. The first-order valence-corrected chi connectivity index (χ1v) is 10.4. The van der Waals surface area contributed by atoms with E-state index in [1.54, 1.807) is 0 Å². The Morgan fingerprint density at radius 2 is 1.88 bits per heavy atom. The number of pyridine rings is 1. The molecule has 0 amide bonds. The number of ether oxygens (including phenoxy) is 1. The Hall–Kier alpha value is -1.13. The van der Waals surface area contributed by atoms with E-state index in [9.17, 15) is 0 Å². The molecule has 2 aliphatic carbocycles. The molecule has 0 radical (unpaired) electrons. The topological polar surface area (TPSA) is 37.4 Å². The lowest BCUT2D eigenvalue weighted by Gasteiger charge is -2.57. The number of hydrogen-bond acceptors (Lipinski definition) is 4. The summed E-state index contributed by atoms with van der Waals surface area (Å²) in [6.45, 7) is 4.57. The summed E-state index contributed by atoms with van der Waals surface area (Å²) in [5.41, 5.74) is 1.83. The predicted octanol–water partition coefficient (Wildman–Crippen LogP) is 3.24. The number of nitrogens with zero attached hydrogens (tertiary/aromatic N) is 2. The molecule has 0 unspecified atom stereocenters. The van der Waals surface area contributed by atoms with Crippen molar-refractivity contribution in [3.05, 3.63) is 24.5 Å². The summed E-state index contributed by atoms with van der Waals surface area (Å²) in [7, 11) is 0. The van der Waals surface area contributed by atoms with Crippen molar-refractivity contribution in [2.24, 2.45) is 17.3 Å². The first kappa shape index (κ1) is 16.1. The van der Waals surface area contributed by atoms with Crippen molar-refractivity contribution in [2.45, 2.75) is 57.1 Å². The molecular formula is C21H31N3O. The van der Waals surface area contributed by atoms with Crippen LogP contribution in [0.2, 0.25) is 0 Å². The zero-order chi connectivity index (χ0) is 16.7. The van der Waals surface area contributed by atoms with Crippen LogP contribution in [0, 0.1) is 17.3 Å². The van der Waals surface area contributed by atoms with Crippen LogP contribution in [0.3, 0.4) is 0 Å². The summed E-state index contributed by atoms with van der Waals surface area (Å²) >= 11 is 0. The summed E-state index contributed by atoms with van der Waals surface area (Å²) in [6, 6.07) is 5.01. The van der Waals surface area contributed by atoms with E-state index in [2.05, 4.69) is 27.3 Å². The lowest BCUT2D eigenvalue weighted by atomic mass is 9.54. The fourth-order valence-electron chi connectivity index (χ4n) is 6.25. The minimum absolute atomic E-state index is 0.499. The number of nitrogens with one attached hydrogen (secondary N) is 1. The molecular weight excluding hydrogens is 310 g/mol. The standard InChI is InChI=1S/C21H31N3O/c1-2-9-21(8-1)19(18-7-14-25-20(18)21)23-15-16-5-12-24(13-6-16)17-3-10-22-11-4-17/h3-4,10-11,16,18-20,23H,1-2,5-9,12-15H2/t18-,19-,20-/m1/s1. The van der Waals surface area contributed by atoms with E-state index in [1.165, 1.54) is 70.3 Å². The van der Waals surface area contributed by atoms with Gasteiger partial charge in [0.2, 0.25) is 0 Å². The third-order valence-corrected chi connectivity index (χ3v) is 7.55. The van der Waals surface area contributed by atoms with Gasteiger partial charge in [0.15, 0.2) is 0 Å². The Morgan fingerprint density at radius 3 is 2.64 bits per heavy atom. The molecule has 2 saturated carbocycles. The van der Waals surface area contributed by atoms with Gasteiger partial charge in [0.05, 0.1) is 6.10 Å². The van der Waals surface area contributed by atoms with Crippen molar-refractivity contribution in [3.63, 3.8) is 0 Å². The number of rotatable bonds is 4. The number of hydrogen-bond donors (Lipinski definition) is 1. The molecule has 4 nitrogen and oxygen atoms in total. The molecule has 1 aromatic heterocycles. The molecule has 5 rings (SSSR count). The third-order valence-electron chi connectivity index (χ3n) is 7.55. The molecule has 3 atom stereocenters. The molecule has 4 heteroatoms. The van der Waals surface area contributed by atoms with Crippen molar-refractivity contribution in [2.75, 3.05) is 31.1 Å². The quantitative estimate of drug-likeness (QED) is 0.912. The largest absolute Gasteiger partial charge is 0.377 e. The molecule has 1 spiro atoms. The Bertz CT molecular complexity index is 578. The predicted molar refractivity (Wildman–Crippen MR) is 99.7 cm³/mol. The van der Waals surface area contributed by atoms with Crippen LogP contribution in [0.25, 0.3) is 0 Å². The molecule has 136 valence electrons. The Labute approximate surface area is 151 Å². The van der Waals surface area contributed by atoms with E-state index < -0.39 is 0 Å². The maximum Gasteiger partial charge on any atom is 0.0690 e. The van der Waals surface area contributed by atoms with Crippen LogP contribution >= 0.6 is 0 Å². The maximum absolute atomic E-state index is 6.12. The molecule has 2 aliphatic heterocycles. The van der Waals surface area contributed by atoms with E-state index in [0.717, 1.165) is 24.5 Å². The monoisotopic (exact) mass is 341 g/mol. The van der Waals surface area contributed by atoms with Crippen LogP contribution < -0.4 is 10.2 Å². The van der Waals surface area contributed by atoms with Crippen LogP contribution in [0.4, 0.5) is 5.69 Å². The van der Waals surface area contributed by atoms with Gasteiger partial charge < -0.3 is 15.0 Å². The summed E-state index contributed by atoms with van der Waals surface area (Å²) in [4.78, 5) is 6.65. The van der Waals surface area contributed by atoms with Gasteiger partial charge in [-0.25, -0.2) is 0 Å². The number of anilines is 1. The van der Waals surface area contributed by atoms with Crippen molar-refractivity contribution >= 4 is 5.69 Å². The van der Waals surface area contributed by atoms with Gasteiger partial charge in [0.1, 0.15) is 0 Å². The molecule has 1 N–H and O–H groups in total. The zero-order valence-corrected chi connectivity index (χ0v) is 15.2. The molecule has 0 bridgehead atoms. The highest BCUT2D eigenvalue weighted by molar-refractivity contribution is 5.44. The molecule has 0 aromatic carbocycles. The van der Waals surface area contributed by atoms with Crippen molar-refractivity contribution in [1.29, 1.82) is 0 Å². The lowest BCUT2D eigenvalue weighted by Crippen LogP contribution is -2.67. The van der Waals surface area contributed by atoms with Gasteiger partial charge in [-0.15, -0.1) is 0 Å². The van der Waals surface area contributed by atoms with E-state index in [1.807, 2.05) is 12.4 Å². The maximum atomic E-state index is 6.12.